The Bertz CT molecular complexity index is 814. The molecule has 29 heavy (non-hydrogen) atoms. The molecule has 0 bridgehead atoms. The maximum atomic E-state index is 13.3. The number of amides is 4. The van der Waals surface area contributed by atoms with E-state index in [1.807, 2.05) is 18.2 Å². The number of rotatable bonds is 6. The van der Waals surface area contributed by atoms with Crippen molar-refractivity contribution in [2.75, 3.05) is 39.5 Å². The molecule has 1 N–H and O–H groups in total. The number of fused-ring (bicyclic) bond motifs is 1. The second-order valence-electron chi connectivity index (χ2n) is 7.54. The largest absolute Gasteiger partial charge is 0.454 e. The number of carbonyl (C=O) groups is 3. The fourth-order valence-corrected chi connectivity index (χ4v) is 4.10. The first kappa shape index (κ1) is 19.4. The normalized spacial score (nSPS) is 20.2. The molecule has 4 rings (SSSR count). The second-order valence-corrected chi connectivity index (χ2v) is 7.54. The predicted octanol–water partition coefficient (Wildman–Crippen LogP) is 0.780. The Hall–Kier alpha value is -2.97. The maximum absolute atomic E-state index is 13.3. The molecule has 4 amide bonds. The number of hydrogen-bond donors (Lipinski definition) is 1. The SMILES string of the molecule is CC(=O)N1CCC[C@H]1C(=O)N(CCN1CCNC1=O)Cc1ccc2c(c1)OCO2. The lowest BCUT2D eigenvalue weighted by molar-refractivity contribution is -0.143. The lowest BCUT2D eigenvalue weighted by atomic mass is 10.1. The third-order valence-corrected chi connectivity index (χ3v) is 5.65. The van der Waals surface area contributed by atoms with E-state index in [1.54, 1.807) is 14.7 Å². The van der Waals surface area contributed by atoms with Gasteiger partial charge in [-0.2, -0.15) is 0 Å². The highest BCUT2D eigenvalue weighted by Crippen LogP contribution is 2.33. The Morgan fingerprint density at radius 2 is 2.07 bits per heavy atom. The van der Waals surface area contributed by atoms with E-state index in [4.69, 9.17) is 9.47 Å². The molecule has 156 valence electrons. The van der Waals surface area contributed by atoms with Gasteiger partial charge in [-0.05, 0) is 30.5 Å². The van der Waals surface area contributed by atoms with E-state index >= 15 is 0 Å². The van der Waals surface area contributed by atoms with Gasteiger partial charge in [0, 0.05) is 46.2 Å². The van der Waals surface area contributed by atoms with E-state index in [0.717, 1.165) is 12.0 Å². The molecule has 3 heterocycles. The highest BCUT2D eigenvalue weighted by atomic mass is 16.7. The highest BCUT2D eigenvalue weighted by molar-refractivity contribution is 5.87. The Morgan fingerprint density at radius 1 is 1.24 bits per heavy atom. The van der Waals surface area contributed by atoms with Gasteiger partial charge in [0.1, 0.15) is 6.04 Å². The summed E-state index contributed by atoms with van der Waals surface area (Å²) < 4.78 is 10.8. The van der Waals surface area contributed by atoms with Crippen LogP contribution in [0.4, 0.5) is 4.79 Å². The van der Waals surface area contributed by atoms with E-state index in [9.17, 15) is 14.4 Å². The van der Waals surface area contributed by atoms with Crippen molar-refractivity contribution in [3.8, 4) is 11.5 Å². The van der Waals surface area contributed by atoms with Crippen LogP contribution in [0.3, 0.4) is 0 Å². The minimum Gasteiger partial charge on any atom is -0.454 e. The Morgan fingerprint density at radius 3 is 2.83 bits per heavy atom. The van der Waals surface area contributed by atoms with Crippen LogP contribution in [0.2, 0.25) is 0 Å². The van der Waals surface area contributed by atoms with Crippen LogP contribution in [0.1, 0.15) is 25.3 Å². The quantitative estimate of drug-likeness (QED) is 0.759. The van der Waals surface area contributed by atoms with Crippen molar-refractivity contribution >= 4 is 17.8 Å². The van der Waals surface area contributed by atoms with Crippen LogP contribution >= 0.6 is 0 Å². The number of ether oxygens (including phenoxy) is 2. The molecule has 3 aliphatic rings. The van der Waals surface area contributed by atoms with Crippen LogP contribution in [0.5, 0.6) is 11.5 Å². The summed E-state index contributed by atoms with van der Waals surface area (Å²) in [5.41, 5.74) is 0.917. The molecule has 2 saturated heterocycles. The zero-order valence-corrected chi connectivity index (χ0v) is 16.6. The summed E-state index contributed by atoms with van der Waals surface area (Å²) in [6.07, 6.45) is 1.49. The summed E-state index contributed by atoms with van der Waals surface area (Å²) in [6.45, 7) is 4.80. The molecule has 0 aromatic heterocycles. The van der Waals surface area contributed by atoms with Crippen LogP contribution in [-0.4, -0.2) is 78.1 Å². The van der Waals surface area contributed by atoms with Gasteiger partial charge < -0.3 is 29.5 Å². The summed E-state index contributed by atoms with van der Waals surface area (Å²) in [5, 5.41) is 2.78. The molecule has 9 heteroatoms. The van der Waals surface area contributed by atoms with Gasteiger partial charge in [-0.1, -0.05) is 6.07 Å². The van der Waals surface area contributed by atoms with Crippen LogP contribution in [0.25, 0.3) is 0 Å². The summed E-state index contributed by atoms with van der Waals surface area (Å²) in [4.78, 5) is 42.3. The van der Waals surface area contributed by atoms with Crippen molar-refractivity contribution in [1.29, 1.82) is 0 Å². The Labute approximate surface area is 169 Å². The minimum absolute atomic E-state index is 0.0741. The molecule has 9 nitrogen and oxygen atoms in total. The van der Waals surface area contributed by atoms with Crippen molar-refractivity contribution in [2.45, 2.75) is 32.4 Å². The average molecular weight is 402 g/mol. The van der Waals surface area contributed by atoms with Crippen molar-refractivity contribution in [3.63, 3.8) is 0 Å². The summed E-state index contributed by atoms with van der Waals surface area (Å²) in [7, 11) is 0. The van der Waals surface area contributed by atoms with Gasteiger partial charge in [-0.15, -0.1) is 0 Å². The van der Waals surface area contributed by atoms with Crippen LogP contribution in [-0.2, 0) is 16.1 Å². The molecule has 1 atom stereocenters. The zero-order chi connectivity index (χ0) is 20.4. The number of nitrogens with zero attached hydrogens (tertiary/aromatic N) is 3. The number of urea groups is 1. The summed E-state index contributed by atoms with van der Waals surface area (Å²) in [5.74, 6) is 1.21. The van der Waals surface area contributed by atoms with Crippen molar-refractivity contribution < 1.29 is 23.9 Å². The lowest BCUT2D eigenvalue weighted by Gasteiger charge is -2.31. The average Bonchev–Trinajstić information content (AvgIpc) is 3.44. The number of likely N-dealkylation sites (tertiary alicyclic amines) is 1. The van der Waals surface area contributed by atoms with Crippen molar-refractivity contribution in [3.05, 3.63) is 23.8 Å². The van der Waals surface area contributed by atoms with E-state index in [-0.39, 0.29) is 24.6 Å². The zero-order valence-electron chi connectivity index (χ0n) is 16.6. The Kier molecular flexibility index (Phi) is 5.46. The van der Waals surface area contributed by atoms with Crippen molar-refractivity contribution in [1.82, 2.24) is 20.0 Å². The van der Waals surface area contributed by atoms with E-state index in [2.05, 4.69) is 5.32 Å². The van der Waals surface area contributed by atoms with Gasteiger partial charge >= 0.3 is 6.03 Å². The molecule has 1 aromatic rings. The summed E-state index contributed by atoms with van der Waals surface area (Å²) >= 11 is 0. The van der Waals surface area contributed by atoms with Gasteiger partial charge in [0.05, 0.1) is 0 Å². The second kappa shape index (κ2) is 8.18. The number of hydrogen-bond acceptors (Lipinski definition) is 5. The molecule has 1 aromatic carbocycles. The molecule has 0 radical (unpaired) electrons. The molecular formula is C20H26N4O5. The first-order chi connectivity index (χ1) is 14.0. The molecule has 0 spiro atoms. The standard InChI is InChI=1S/C20H26N4O5/c1-14(25)24-7-2-3-16(24)19(26)23(10-9-22-8-6-21-20(22)27)12-15-4-5-17-18(11-15)29-13-28-17/h4-5,11,16H,2-3,6-10,12-13H2,1H3,(H,21,27)/t16-/m0/s1. The van der Waals surface area contributed by atoms with Gasteiger partial charge in [-0.25, -0.2) is 4.79 Å². The molecule has 2 fully saturated rings. The van der Waals surface area contributed by atoms with Crippen molar-refractivity contribution in [2.24, 2.45) is 0 Å². The molecule has 3 aliphatic heterocycles. The van der Waals surface area contributed by atoms with Gasteiger partial charge in [0.15, 0.2) is 11.5 Å². The van der Waals surface area contributed by atoms with Crippen LogP contribution in [0.15, 0.2) is 18.2 Å². The molecular weight excluding hydrogens is 376 g/mol. The van der Waals surface area contributed by atoms with Gasteiger partial charge in [0.25, 0.3) is 0 Å². The number of nitrogens with one attached hydrogen (secondary N) is 1. The van der Waals surface area contributed by atoms with Crippen LogP contribution < -0.4 is 14.8 Å². The first-order valence-electron chi connectivity index (χ1n) is 10.0. The number of benzene rings is 1. The highest BCUT2D eigenvalue weighted by Gasteiger charge is 2.35. The smallest absolute Gasteiger partial charge is 0.317 e. The third kappa shape index (κ3) is 4.08. The number of carbonyl (C=O) groups excluding carboxylic acids is 3. The molecule has 0 saturated carbocycles. The topological polar surface area (TPSA) is 91.4 Å². The third-order valence-electron chi connectivity index (χ3n) is 5.65. The fraction of sp³-hybridized carbons (Fsp3) is 0.550. The summed E-state index contributed by atoms with van der Waals surface area (Å²) in [6, 6.07) is 5.09. The van der Waals surface area contributed by atoms with E-state index in [0.29, 0.717) is 57.2 Å². The predicted molar refractivity (Wildman–Crippen MR) is 103 cm³/mol. The monoisotopic (exact) mass is 402 g/mol. The minimum atomic E-state index is -0.436. The maximum Gasteiger partial charge on any atom is 0.317 e. The first-order valence-corrected chi connectivity index (χ1v) is 10.0. The fourth-order valence-electron chi connectivity index (χ4n) is 4.10. The van der Waals surface area contributed by atoms with E-state index < -0.39 is 6.04 Å². The van der Waals surface area contributed by atoms with Gasteiger partial charge in [0.2, 0.25) is 18.6 Å². The molecule has 0 aliphatic carbocycles. The van der Waals surface area contributed by atoms with E-state index in [1.165, 1.54) is 6.92 Å². The lowest BCUT2D eigenvalue weighted by Crippen LogP contribution is -2.49. The molecule has 0 unspecified atom stereocenters. The Balaban J connectivity index is 1.50. The van der Waals surface area contributed by atoms with Gasteiger partial charge in [-0.3, -0.25) is 9.59 Å². The van der Waals surface area contributed by atoms with Crippen LogP contribution in [0, 0.1) is 0 Å².